The fourth-order valence-electron chi connectivity index (χ4n) is 2.68. The van der Waals surface area contributed by atoms with Crippen LogP contribution in [0.4, 0.5) is 4.39 Å². The maximum atomic E-state index is 13.0. The van der Waals surface area contributed by atoms with Crippen LogP contribution in [-0.4, -0.2) is 40.5 Å². The molecule has 0 aliphatic heterocycles. The summed E-state index contributed by atoms with van der Waals surface area (Å²) in [4.78, 5) is 16.4. The van der Waals surface area contributed by atoms with Gasteiger partial charge in [0.1, 0.15) is 5.82 Å². The van der Waals surface area contributed by atoms with Crippen LogP contribution in [0.15, 0.2) is 56.8 Å². The Morgan fingerprint density at radius 3 is 2.43 bits per heavy atom. The van der Waals surface area contributed by atoms with Gasteiger partial charge in [-0.3, -0.25) is 4.79 Å². The molecule has 0 fully saturated rings. The summed E-state index contributed by atoms with van der Waals surface area (Å²) in [7, 11) is -3.70. The van der Waals surface area contributed by atoms with Crippen molar-refractivity contribution in [2.45, 2.75) is 25.3 Å². The minimum atomic E-state index is -3.70. The average Bonchev–Trinajstić information content (AvgIpc) is 3.13. The van der Waals surface area contributed by atoms with E-state index in [0.717, 1.165) is 0 Å². The monoisotopic (exact) mass is 406 g/mol. The van der Waals surface area contributed by atoms with Gasteiger partial charge in [0.2, 0.25) is 10.0 Å². The smallest absolute Gasteiger partial charge is 0.257 e. The van der Waals surface area contributed by atoms with Crippen molar-refractivity contribution < 1.29 is 17.3 Å². The maximum absolute atomic E-state index is 13.0. The van der Waals surface area contributed by atoms with Gasteiger partial charge in [-0.2, -0.15) is 9.29 Å². The highest BCUT2D eigenvalue weighted by molar-refractivity contribution is 7.89. The topological polar surface area (TPSA) is 98.3 Å². The van der Waals surface area contributed by atoms with Crippen LogP contribution in [0.5, 0.6) is 0 Å². The minimum absolute atomic E-state index is 0.0121. The van der Waals surface area contributed by atoms with Gasteiger partial charge in [-0.1, -0.05) is 19.0 Å². The Balaban J connectivity index is 1.89. The zero-order chi connectivity index (χ0) is 20.3. The maximum Gasteiger partial charge on any atom is 0.257 e. The molecule has 2 heterocycles. The van der Waals surface area contributed by atoms with E-state index in [1.54, 1.807) is 13.8 Å². The van der Waals surface area contributed by atoms with Crippen LogP contribution in [0, 0.1) is 5.82 Å². The third kappa shape index (κ3) is 4.02. The van der Waals surface area contributed by atoms with E-state index >= 15 is 0 Å². The number of rotatable bonds is 7. The largest absolute Gasteiger partial charge is 0.334 e. The minimum Gasteiger partial charge on any atom is -0.334 e. The third-order valence-corrected chi connectivity index (χ3v) is 6.20. The summed E-state index contributed by atoms with van der Waals surface area (Å²) in [5.41, 5.74) is 0.136. The first-order valence-electron chi connectivity index (χ1n) is 8.64. The normalized spacial score (nSPS) is 11.9. The highest BCUT2D eigenvalue weighted by Gasteiger charge is 2.22. The standard InChI is InChI=1S/C18H19FN4O4S/c1-3-23(4-2)28(25,26)15-9-10-17(24)22(11-15)12-16-20-18(27-21-16)13-5-7-14(19)8-6-13/h5-11H,3-4,12H2,1-2H3. The van der Waals surface area contributed by atoms with Crippen molar-refractivity contribution in [1.82, 2.24) is 19.0 Å². The molecule has 28 heavy (non-hydrogen) atoms. The molecule has 10 heteroatoms. The number of hydrogen-bond acceptors (Lipinski definition) is 6. The van der Waals surface area contributed by atoms with Crippen molar-refractivity contribution in [1.29, 1.82) is 0 Å². The van der Waals surface area contributed by atoms with E-state index in [4.69, 9.17) is 4.52 Å². The summed E-state index contributed by atoms with van der Waals surface area (Å²) in [5, 5.41) is 3.81. The van der Waals surface area contributed by atoms with Crippen LogP contribution in [0.1, 0.15) is 19.7 Å². The summed E-state index contributed by atoms with van der Waals surface area (Å²) in [5.74, 6) is -0.0185. The molecule has 0 amide bonds. The molecule has 0 atom stereocenters. The van der Waals surface area contributed by atoms with Crippen LogP contribution in [-0.2, 0) is 16.6 Å². The lowest BCUT2D eigenvalue weighted by Crippen LogP contribution is -2.32. The molecular weight excluding hydrogens is 387 g/mol. The van der Waals surface area contributed by atoms with Crippen LogP contribution in [0.3, 0.4) is 0 Å². The van der Waals surface area contributed by atoms with E-state index in [1.807, 2.05) is 0 Å². The van der Waals surface area contributed by atoms with Gasteiger partial charge < -0.3 is 9.09 Å². The van der Waals surface area contributed by atoms with E-state index < -0.39 is 15.6 Å². The van der Waals surface area contributed by atoms with Gasteiger partial charge in [-0.25, -0.2) is 12.8 Å². The van der Waals surface area contributed by atoms with Gasteiger partial charge in [0.25, 0.3) is 11.4 Å². The molecule has 0 saturated carbocycles. The number of benzene rings is 1. The summed E-state index contributed by atoms with van der Waals surface area (Å²) >= 11 is 0. The zero-order valence-electron chi connectivity index (χ0n) is 15.4. The fraction of sp³-hybridized carbons (Fsp3) is 0.278. The van der Waals surface area contributed by atoms with E-state index in [0.29, 0.717) is 18.7 Å². The fourth-order valence-corrected chi connectivity index (χ4v) is 4.16. The summed E-state index contributed by atoms with van der Waals surface area (Å²) in [6, 6.07) is 8.01. The Hall–Kier alpha value is -2.85. The first-order chi connectivity index (χ1) is 13.3. The molecule has 0 spiro atoms. The van der Waals surface area contributed by atoms with E-state index in [9.17, 15) is 17.6 Å². The Morgan fingerprint density at radius 2 is 1.79 bits per heavy atom. The number of sulfonamides is 1. The first kappa shape index (κ1) is 19.9. The van der Waals surface area contributed by atoms with Gasteiger partial charge in [0.15, 0.2) is 5.82 Å². The molecule has 8 nitrogen and oxygen atoms in total. The molecule has 0 saturated heterocycles. The van der Waals surface area contributed by atoms with Gasteiger partial charge in [0, 0.05) is 30.9 Å². The molecular formula is C18H19FN4O4S. The molecule has 3 aromatic rings. The third-order valence-electron chi connectivity index (χ3n) is 4.17. The molecule has 148 valence electrons. The van der Waals surface area contributed by atoms with Crippen molar-refractivity contribution in [2.75, 3.05) is 13.1 Å². The molecule has 0 bridgehead atoms. The molecule has 0 aliphatic rings. The Kier molecular flexibility index (Phi) is 5.71. The second-order valence-electron chi connectivity index (χ2n) is 5.94. The highest BCUT2D eigenvalue weighted by Crippen LogP contribution is 2.18. The second kappa shape index (κ2) is 8.03. The predicted molar refractivity (Wildman–Crippen MR) is 99.6 cm³/mol. The lowest BCUT2D eigenvalue weighted by molar-refractivity contribution is 0.419. The predicted octanol–water partition coefficient (Wildman–Crippen LogP) is 2.12. The Bertz CT molecular complexity index is 1120. The molecule has 3 rings (SSSR count). The SMILES string of the molecule is CCN(CC)S(=O)(=O)c1ccc(=O)n(Cc2noc(-c3ccc(F)cc3)n2)c1. The Labute approximate surface area is 161 Å². The number of aromatic nitrogens is 3. The first-order valence-corrected chi connectivity index (χ1v) is 10.1. The van der Waals surface area contributed by atoms with Crippen molar-refractivity contribution in [2.24, 2.45) is 0 Å². The molecule has 0 unspecified atom stereocenters. The van der Waals surface area contributed by atoms with Crippen molar-refractivity contribution >= 4 is 10.0 Å². The van der Waals surface area contributed by atoms with E-state index in [2.05, 4.69) is 10.1 Å². The lowest BCUT2D eigenvalue weighted by atomic mass is 10.2. The van der Waals surface area contributed by atoms with Crippen LogP contribution >= 0.6 is 0 Å². The van der Waals surface area contributed by atoms with Crippen molar-refractivity contribution in [3.63, 3.8) is 0 Å². The quantitative estimate of drug-likeness (QED) is 0.596. The van der Waals surface area contributed by atoms with E-state index in [1.165, 1.54) is 51.5 Å². The Morgan fingerprint density at radius 1 is 1.11 bits per heavy atom. The second-order valence-corrected chi connectivity index (χ2v) is 7.88. The average molecular weight is 406 g/mol. The van der Waals surface area contributed by atoms with Gasteiger partial charge in [0.05, 0.1) is 11.4 Å². The number of halogens is 1. The van der Waals surface area contributed by atoms with Crippen LogP contribution in [0.2, 0.25) is 0 Å². The zero-order valence-corrected chi connectivity index (χ0v) is 16.2. The summed E-state index contributed by atoms with van der Waals surface area (Å²) in [6.45, 7) is 4.07. The molecule has 0 aliphatic carbocycles. The van der Waals surface area contributed by atoms with Crippen molar-refractivity contribution in [3.8, 4) is 11.5 Å². The van der Waals surface area contributed by atoms with Crippen molar-refractivity contribution in [3.05, 3.63) is 64.6 Å². The van der Waals surface area contributed by atoms with Crippen LogP contribution < -0.4 is 5.56 Å². The number of nitrogens with zero attached hydrogens (tertiary/aromatic N) is 4. The summed E-state index contributed by atoms with van der Waals surface area (Å²) in [6.07, 6.45) is 1.27. The van der Waals surface area contributed by atoms with Gasteiger partial charge in [-0.15, -0.1) is 0 Å². The van der Waals surface area contributed by atoms with Gasteiger partial charge >= 0.3 is 0 Å². The lowest BCUT2D eigenvalue weighted by Gasteiger charge is -2.18. The summed E-state index contributed by atoms with van der Waals surface area (Å²) < 4.78 is 46.0. The highest BCUT2D eigenvalue weighted by atomic mass is 32.2. The molecule has 2 aromatic heterocycles. The van der Waals surface area contributed by atoms with Gasteiger partial charge in [-0.05, 0) is 30.3 Å². The molecule has 0 N–H and O–H groups in total. The number of pyridine rings is 1. The molecule has 0 radical (unpaired) electrons. The van der Waals surface area contributed by atoms with Crippen LogP contribution in [0.25, 0.3) is 11.5 Å². The van der Waals surface area contributed by atoms with E-state index in [-0.39, 0.29) is 29.0 Å². The number of hydrogen-bond donors (Lipinski definition) is 0. The molecule has 1 aromatic carbocycles.